The summed E-state index contributed by atoms with van der Waals surface area (Å²) >= 11 is 0. The predicted octanol–water partition coefficient (Wildman–Crippen LogP) is 1.46. The quantitative estimate of drug-likeness (QED) is 0.922. The minimum Gasteiger partial charge on any atom is -0.309 e. The highest BCUT2D eigenvalue weighted by atomic mass is 16.2. The second-order valence-corrected chi connectivity index (χ2v) is 5.25. The van der Waals surface area contributed by atoms with Crippen molar-refractivity contribution in [2.75, 3.05) is 5.32 Å². The summed E-state index contributed by atoms with van der Waals surface area (Å²) in [6.07, 6.45) is 3.82. The number of anilines is 1. The van der Waals surface area contributed by atoms with Crippen molar-refractivity contribution in [2.45, 2.75) is 32.2 Å². The third-order valence-corrected chi connectivity index (χ3v) is 3.44. The molecule has 1 N–H and O–H groups in total. The van der Waals surface area contributed by atoms with Gasteiger partial charge < -0.3 is 5.32 Å². The van der Waals surface area contributed by atoms with E-state index in [2.05, 4.69) is 15.4 Å². The van der Waals surface area contributed by atoms with Crippen LogP contribution in [0.3, 0.4) is 0 Å². The first-order chi connectivity index (χ1) is 10.1. The van der Waals surface area contributed by atoms with Gasteiger partial charge in [-0.05, 0) is 37.5 Å². The number of carbonyl (C=O) groups is 1. The predicted molar refractivity (Wildman–Crippen MR) is 78.1 cm³/mol. The van der Waals surface area contributed by atoms with Crippen LogP contribution in [0.15, 0.2) is 35.3 Å². The molecule has 21 heavy (non-hydrogen) atoms. The smallest absolute Gasteiger partial charge is 0.267 e. The standard InChI is InChI=1S/C15H16N4O2/c1-10-3-2-8-16-15(10)17-13(20)9-19-14(21)7-6-12(18-19)11-4-5-11/h2-3,6-8,11H,4-5,9H2,1H3,(H,16,17,20). The van der Waals surface area contributed by atoms with Crippen LogP contribution in [0, 0.1) is 6.92 Å². The van der Waals surface area contributed by atoms with Crippen molar-refractivity contribution in [2.24, 2.45) is 0 Å². The van der Waals surface area contributed by atoms with E-state index in [9.17, 15) is 9.59 Å². The van der Waals surface area contributed by atoms with Crippen LogP contribution >= 0.6 is 0 Å². The number of nitrogens with zero attached hydrogens (tertiary/aromatic N) is 3. The molecule has 0 saturated heterocycles. The van der Waals surface area contributed by atoms with Crippen LogP contribution in [0.1, 0.15) is 30.0 Å². The number of hydrogen-bond donors (Lipinski definition) is 1. The molecule has 0 aliphatic heterocycles. The third-order valence-electron chi connectivity index (χ3n) is 3.44. The largest absolute Gasteiger partial charge is 0.309 e. The fourth-order valence-corrected chi connectivity index (χ4v) is 2.10. The lowest BCUT2D eigenvalue weighted by Gasteiger charge is -2.08. The van der Waals surface area contributed by atoms with Gasteiger partial charge in [-0.1, -0.05) is 6.07 Å². The van der Waals surface area contributed by atoms with Crippen molar-refractivity contribution in [1.82, 2.24) is 14.8 Å². The van der Waals surface area contributed by atoms with Gasteiger partial charge in [0.25, 0.3) is 5.56 Å². The number of hydrogen-bond acceptors (Lipinski definition) is 4. The zero-order chi connectivity index (χ0) is 14.8. The van der Waals surface area contributed by atoms with Crippen LogP contribution in [0.2, 0.25) is 0 Å². The summed E-state index contributed by atoms with van der Waals surface area (Å²) in [4.78, 5) is 27.9. The van der Waals surface area contributed by atoms with Gasteiger partial charge in [0.05, 0.1) is 5.69 Å². The third kappa shape index (κ3) is 3.16. The number of carbonyl (C=O) groups excluding carboxylic acids is 1. The Hall–Kier alpha value is -2.50. The highest BCUT2D eigenvalue weighted by Crippen LogP contribution is 2.38. The molecular formula is C15H16N4O2. The van der Waals surface area contributed by atoms with Gasteiger partial charge in [0, 0.05) is 18.2 Å². The van der Waals surface area contributed by atoms with Gasteiger partial charge in [-0.15, -0.1) is 0 Å². The molecule has 6 nitrogen and oxygen atoms in total. The highest BCUT2D eigenvalue weighted by molar-refractivity contribution is 5.90. The van der Waals surface area contributed by atoms with Gasteiger partial charge in [0.2, 0.25) is 5.91 Å². The zero-order valence-electron chi connectivity index (χ0n) is 11.7. The molecule has 2 heterocycles. The maximum atomic E-state index is 12.0. The molecule has 0 atom stereocenters. The molecule has 0 radical (unpaired) electrons. The number of aromatic nitrogens is 3. The summed E-state index contributed by atoms with van der Waals surface area (Å²) in [7, 11) is 0. The topological polar surface area (TPSA) is 76.9 Å². The maximum Gasteiger partial charge on any atom is 0.267 e. The van der Waals surface area contributed by atoms with E-state index in [4.69, 9.17) is 0 Å². The Labute approximate surface area is 121 Å². The Balaban J connectivity index is 1.74. The summed E-state index contributed by atoms with van der Waals surface area (Å²) in [6.45, 7) is 1.76. The average molecular weight is 284 g/mol. The monoisotopic (exact) mass is 284 g/mol. The summed E-state index contributed by atoms with van der Waals surface area (Å²) in [5.74, 6) is 0.645. The van der Waals surface area contributed by atoms with Crippen LogP contribution in [0.5, 0.6) is 0 Å². The molecular weight excluding hydrogens is 268 g/mol. The van der Waals surface area contributed by atoms with E-state index in [1.807, 2.05) is 13.0 Å². The summed E-state index contributed by atoms with van der Waals surface area (Å²) in [5.41, 5.74) is 1.49. The number of pyridine rings is 1. The average Bonchev–Trinajstić information content (AvgIpc) is 3.28. The molecule has 2 aromatic heterocycles. The van der Waals surface area contributed by atoms with Gasteiger partial charge in [-0.3, -0.25) is 9.59 Å². The van der Waals surface area contributed by atoms with Gasteiger partial charge in [0.1, 0.15) is 12.4 Å². The van der Waals surface area contributed by atoms with Crippen LogP contribution < -0.4 is 10.9 Å². The van der Waals surface area contributed by atoms with E-state index >= 15 is 0 Å². The first kappa shape index (κ1) is 13.5. The lowest BCUT2D eigenvalue weighted by Crippen LogP contribution is -2.30. The number of amides is 1. The van der Waals surface area contributed by atoms with Crippen LogP contribution in [0.4, 0.5) is 5.82 Å². The van der Waals surface area contributed by atoms with Crippen molar-refractivity contribution < 1.29 is 4.79 Å². The molecule has 1 aliphatic rings. The van der Waals surface area contributed by atoms with Gasteiger partial charge in [0.15, 0.2) is 0 Å². The highest BCUT2D eigenvalue weighted by Gasteiger charge is 2.25. The first-order valence-corrected chi connectivity index (χ1v) is 6.93. The second-order valence-electron chi connectivity index (χ2n) is 5.25. The first-order valence-electron chi connectivity index (χ1n) is 6.93. The van der Waals surface area contributed by atoms with Crippen molar-refractivity contribution in [3.05, 3.63) is 52.1 Å². The van der Waals surface area contributed by atoms with Crippen molar-refractivity contribution in [3.8, 4) is 0 Å². The fraction of sp³-hybridized carbons (Fsp3) is 0.333. The van der Waals surface area contributed by atoms with Crippen LogP contribution in [0.25, 0.3) is 0 Å². The maximum absolute atomic E-state index is 12.0. The zero-order valence-corrected chi connectivity index (χ0v) is 11.7. The summed E-state index contributed by atoms with van der Waals surface area (Å²) < 4.78 is 1.21. The van der Waals surface area contributed by atoms with Gasteiger partial charge in [-0.25, -0.2) is 9.67 Å². The molecule has 1 amide bonds. The normalized spacial score (nSPS) is 14.0. The van der Waals surface area contributed by atoms with Gasteiger partial charge >= 0.3 is 0 Å². The molecule has 6 heteroatoms. The molecule has 108 valence electrons. The van der Waals surface area contributed by atoms with E-state index in [0.717, 1.165) is 24.1 Å². The van der Waals surface area contributed by atoms with E-state index in [1.54, 1.807) is 18.3 Å². The Bertz CT molecular complexity index is 734. The molecule has 0 bridgehead atoms. The Morgan fingerprint density at radius 3 is 2.90 bits per heavy atom. The van der Waals surface area contributed by atoms with Crippen molar-refractivity contribution in [3.63, 3.8) is 0 Å². The Morgan fingerprint density at radius 1 is 1.38 bits per heavy atom. The fourth-order valence-electron chi connectivity index (χ4n) is 2.10. The minimum absolute atomic E-state index is 0.102. The molecule has 0 unspecified atom stereocenters. The van der Waals surface area contributed by atoms with Gasteiger partial charge in [-0.2, -0.15) is 5.10 Å². The molecule has 1 aliphatic carbocycles. The molecule has 0 aromatic carbocycles. The molecule has 3 rings (SSSR count). The molecule has 1 fully saturated rings. The lowest BCUT2D eigenvalue weighted by molar-refractivity contribution is -0.117. The summed E-state index contributed by atoms with van der Waals surface area (Å²) in [6, 6.07) is 6.88. The molecule has 1 saturated carbocycles. The lowest BCUT2D eigenvalue weighted by atomic mass is 10.3. The molecule has 2 aromatic rings. The van der Waals surface area contributed by atoms with E-state index in [0.29, 0.717) is 11.7 Å². The van der Waals surface area contributed by atoms with E-state index in [1.165, 1.54) is 10.7 Å². The van der Waals surface area contributed by atoms with E-state index in [-0.39, 0.29) is 18.0 Å². The van der Waals surface area contributed by atoms with Crippen LogP contribution in [-0.2, 0) is 11.3 Å². The van der Waals surface area contributed by atoms with Crippen molar-refractivity contribution >= 4 is 11.7 Å². The number of nitrogens with one attached hydrogen (secondary N) is 1. The number of aryl methyl sites for hydroxylation is 1. The van der Waals surface area contributed by atoms with Crippen LogP contribution in [-0.4, -0.2) is 20.7 Å². The SMILES string of the molecule is Cc1cccnc1NC(=O)Cn1nc(C2CC2)ccc1=O. The van der Waals surface area contributed by atoms with Crippen molar-refractivity contribution in [1.29, 1.82) is 0 Å². The Kier molecular flexibility index (Phi) is 3.51. The van der Waals surface area contributed by atoms with E-state index < -0.39 is 0 Å². The number of rotatable bonds is 4. The molecule has 0 spiro atoms. The minimum atomic E-state index is -0.306. The second kappa shape index (κ2) is 5.47. The summed E-state index contributed by atoms with van der Waals surface area (Å²) in [5, 5.41) is 6.96. The Morgan fingerprint density at radius 2 is 2.19 bits per heavy atom.